The molecule has 4 aromatic rings. The van der Waals surface area contributed by atoms with Gasteiger partial charge >= 0.3 is 12.1 Å². The summed E-state index contributed by atoms with van der Waals surface area (Å²) in [5.41, 5.74) is 5.61. The molecular weight excluding hydrogens is 676 g/mol. The molecule has 0 radical (unpaired) electrons. The van der Waals surface area contributed by atoms with Crippen molar-refractivity contribution in [1.29, 1.82) is 0 Å². The van der Waals surface area contributed by atoms with E-state index in [0.717, 1.165) is 123 Å². The highest BCUT2D eigenvalue weighted by Crippen LogP contribution is 2.44. The second-order valence-corrected chi connectivity index (χ2v) is 13.9. The van der Waals surface area contributed by atoms with Crippen LogP contribution in [0.1, 0.15) is 98.6 Å². The molecular formula is C41H48N4O8. The van der Waals surface area contributed by atoms with Gasteiger partial charge in [0, 0.05) is 25.3 Å². The maximum atomic E-state index is 12.8. The van der Waals surface area contributed by atoms with Crippen LogP contribution < -0.4 is 14.8 Å². The smallest absolute Gasteiger partial charge is 0.408 e. The van der Waals surface area contributed by atoms with Crippen molar-refractivity contribution in [2.75, 3.05) is 19.8 Å². The van der Waals surface area contributed by atoms with Crippen molar-refractivity contribution in [3.05, 3.63) is 95.3 Å². The average Bonchev–Trinajstić information content (AvgIpc) is 3.78. The molecule has 3 atom stereocenters. The van der Waals surface area contributed by atoms with Gasteiger partial charge in [-0.05, 0) is 91.0 Å². The molecule has 1 aliphatic carbocycles. The molecule has 1 aromatic heterocycles. The summed E-state index contributed by atoms with van der Waals surface area (Å²) in [5, 5.41) is 20.6. The number of hydrogen-bond donors (Lipinski definition) is 2. The number of hydrogen-bond acceptors (Lipinski definition) is 9. The quantitative estimate of drug-likeness (QED) is 0.111. The van der Waals surface area contributed by atoms with Crippen LogP contribution >= 0.6 is 0 Å². The van der Waals surface area contributed by atoms with E-state index in [-0.39, 0.29) is 30.8 Å². The molecule has 2 saturated heterocycles. The molecule has 0 bridgehead atoms. The van der Waals surface area contributed by atoms with Crippen LogP contribution in [-0.2, 0) is 32.0 Å². The molecule has 7 rings (SSSR count). The Kier molecular flexibility index (Phi) is 12.2. The third-order valence-corrected chi connectivity index (χ3v) is 10.1. The van der Waals surface area contributed by atoms with Crippen LogP contribution in [0.5, 0.6) is 11.5 Å². The number of carboxylic acids is 1. The van der Waals surface area contributed by atoms with E-state index in [1.54, 1.807) is 10.9 Å². The Labute approximate surface area is 309 Å². The first kappa shape index (κ1) is 36.4. The van der Waals surface area contributed by atoms with E-state index in [1.165, 1.54) is 0 Å². The third-order valence-electron chi connectivity index (χ3n) is 10.1. The summed E-state index contributed by atoms with van der Waals surface area (Å²) in [6, 6.07) is 20.7. The van der Waals surface area contributed by atoms with Gasteiger partial charge in [-0.3, -0.25) is 4.68 Å². The van der Waals surface area contributed by atoms with Crippen LogP contribution in [0.3, 0.4) is 0 Å². The fourth-order valence-electron chi connectivity index (χ4n) is 7.36. The van der Waals surface area contributed by atoms with E-state index in [2.05, 4.69) is 33.8 Å². The van der Waals surface area contributed by atoms with Gasteiger partial charge in [0.15, 0.2) is 18.6 Å². The van der Waals surface area contributed by atoms with E-state index in [4.69, 9.17) is 23.7 Å². The number of aryl methyl sites for hydroxylation is 2. The van der Waals surface area contributed by atoms with Crippen molar-refractivity contribution in [3.8, 4) is 22.6 Å². The standard InChI is InChI=1S/C41H48N4O8/c46-40(47)39(42-41(48)51-27-34-32-16-6-4-14-30(32)31-15-5-7-17-33(31)34)35-26-45(44-43-35)22-10-2-1-3-13-28-25-29(52-37-18-8-11-23-49-37)20-21-36(28)53-38-19-9-12-24-50-38/h4-7,14-17,20-21,25-26,34,37-39H,1-3,8-13,18-19,22-24,27H2,(H,42,48)(H,46,47). The Balaban J connectivity index is 0.875. The summed E-state index contributed by atoms with van der Waals surface area (Å²) < 4.78 is 31.3. The van der Waals surface area contributed by atoms with Crippen LogP contribution in [0.15, 0.2) is 72.9 Å². The summed E-state index contributed by atoms with van der Waals surface area (Å²) in [6.45, 7) is 2.10. The Morgan fingerprint density at radius 3 is 2.21 bits per heavy atom. The summed E-state index contributed by atoms with van der Waals surface area (Å²) in [4.78, 5) is 25.0. The average molecular weight is 725 g/mol. The van der Waals surface area contributed by atoms with Gasteiger partial charge in [0.1, 0.15) is 23.8 Å². The lowest BCUT2D eigenvalue weighted by molar-refractivity contribution is -0.139. The number of carbonyl (C=O) groups is 2. The number of nitrogens with zero attached hydrogens (tertiary/aromatic N) is 3. The number of amides is 1. The maximum absolute atomic E-state index is 12.8. The summed E-state index contributed by atoms with van der Waals surface area (Å²) in [6.07, 6.45) is 11.0. The normalized spacial score (nSPS) is 18.8. The minimum absolute atomic E-state index is 0.0802. The number of fused-ring (bicyclic) bond motifs is 3. The second-order valence-electron chi connectivity index (χ2n) is 13.9. The van der Waals surface area contributed by atoms with Gasteiger partial charge in [0.25, 0.3) is 0 Å². The SMILES string of the molecule is O=C(NC(C(=O)O)c1cn(CCCCCCc2cc(OC3CCCCO3)ccc2OC2CCCCO2)nn1)OCC1c2ccccc2-c2ccccc21. The van der Waals surface area contributed by atoms with Crippen molar-refractivity contribution < 1.29 is 38.4 Å². The van der Waals surface area contributed by atoms with Crippen LogP contribution in [0, 0.1) is 0 Å². The highest BCUT2D eigenvalue weighted by Gasteiger charge is 2.31. The maximum Gasteiger partial charge on any atom is 0.408 e. The number of rotatable bonds is 16. The zero-order chi connectivity index (χ0) is 36.4. The van der Waals surface area contributed by atoms with Gasteiger partial charge in [-0.1, -0.05) is 66.6 Å². The van der Waals surface area contributed by atoms with E-state index in [1.807, 2.05) is 48.5 Å². The number of aromatic nitrogens is 3. The largest absolute Gasteiger partial charge is 0.479 e. The third kappa shape index (κ3) is 9.36. The van der Waals surface area contributed by atoms with Gasteiger partial charge < -0.3 is 34.1 Å². The van der Waals surface area contributed by atoms with Crippen molar-refractivity contribution in [2.24, 2.45) is 0 Å². The fourth-order valence-corrected chi connectivity index (χ4v) is 7.36. The molecule has 53 heavy (non-hydrogen) atoms. The number of carbonyl (C=O) groups excluding carboxylic acids is 1. The minimum Gasteiger partial charge on any atom is -0.479 e. The molecule has 3 heterocycles. The molecule has 0 spiro atoms. The van der Waals surface area contributed by atoms with E-state index >= 15 is 0 Å². The molecule has 2 fully saturated rings. The van der Waals surface area contributed by atoms with Gasteiger partial charge in [-0.25, -0.2) is 9.59 Å². The summed E-state index contributed by atoms with van der Waals surface area (Å²) in [5.74, 6) is 0.247. The first-order chi connectivity index (χ1) is 26.0. The lowest BCUT2D eigenvalue weighted by atomic mass is 9.98. The lowest BCUT2D eigenvalue weighted by Gasteiger charge is -2.26. The van der Waals surface area contributed by atoms with Crippen LogP contribution in [0.25, 0.3) is 11.1 Å². The second kappa shape index (κ2) is 17.7. The molecule has 2 N–H and O–H groups in total. The zero-order valence-corrected chi connectivity index (χ0v) is 30.0. The fraction of sp³-hybridized carbons (Fsp3) is 0.463. The van der Waals surface area contributed by atoms with Crippen LogP contribution in [0.2, 0.25) is 0 Å². The van der Waals surface area contributed by atoms with Crippen molar-refractivity contribution in [1.82, 2.24) is 20.3 Å². The first-order valence-electron chi connectivity index (χ1n) is 19.0. The predicted molar refractivity (Wildman–Crippen MR) is 196 cm³/mol. The van der Waals surface area contributed by atoms with Crippen molar-refractivity contribution >= 4 is 12.1 Å². The van der Waals surface area contributed by atoms with Crippen molar-refractivity contribution in [3.63, 3.8) is 0 Å². The molecule has 1 amide bonds. The number of nitrogens with one attached hydrogen (secondary N) is 1. The minimum atomic E-state index is -1.39. The predicted octanol–water partition coefficient (Wildman–Crippen LogP) is 7.56. The van der Waals surface area contributed by atoms with Crippen LogP contribution in [-0.4, -0.2) is 64.6 Å². The van der Waals surface area contributed by atoms with Gasteiger partial charge in [-0.15, -0.1) is 5.10 Å². The molecule has 2 aliphatic heterocycles. The van der Waals surface area contributed by atoms with Crippen LogP contribution in [0.4, 0.5) is 4.79 Å². The number of aliphatic carboxylic acids is 1. The summed E-state index contributed by atoms with van der Waals surface area (Å²) in [7, 11) is 0. The van der Waals surface area contributed by atoms with Gasteiger partial charge in [-0.2, -0.15) is 0 Å². The van der Waals surface area contributed by atoms with E-state index < -0.39 is 18.1 Å². The topological polar surface area (TPSA) is 143 Å². The van der Waals surface area contributed by atoms with Crippen molar-refractivity contribution in [2.45, 2.75) is 102 Å². The monoisotopic (exact) mass is 724 g/mol. The number of benzene rings is 3. The van der Waals surface area contributed by atoms with E-state index in [9.17, 15) is 14.7 Å². The first-order valence-corrected chi connectivity index (χ1v) is 19.0. The molecule has 280 valence electrons. The van der Waals surface area contributed by atoms with Gasteiger partial charge in [0.2, 0.25) is 0 Å². The number of unbranched alkanes of at least 4 members (excludes halogenated alkanes) is 3. The number of ether oxygens (including phenoxy) is 5. The Morgan fingerprint density at radius 1 is 0.849 bits per heavy atom. The zero-order valence-electron chi connectivity index (χ0n) is 30.0. The van der Waals surface area contributed by atoms with E-state index in [0.29, 0.717) is 6.54 Å². The summed E-state index contributed by atoms with van der Waals surface area (Å²) >= 11 is 0. The highest BCUT2D eigenvalue weighted by atomic mass is 16.7. The molecule has 12 nitrogen and oxygen atoms in total. The molecule has 3 unspecified atom stereocenters. The molecule has 3 aliphatic rings. The Morgan fingerprint density at radius 2 is 1.53 bits per heavy atom. The Hall–Kier alpha value is -4.94. The molecule has 3 aromatic carbocycles. The molecule has 0 saturated carbocycles. The molecule has 12 heteroatoms. The number of carboxylic acid groups (broad SMARTS) is 1. The highest BCUT2D eigenvalue weighted by molar-refractivity contribution is 5.81. The number of alkyl carbamates (subject to hydrolysis) is 1. The lowest BCUT2D eigenvalue weighted by Crippen LogP contribution is -2.35. The Bertz CT molecular complexity index is 1790. The van der Waals surface area contributed by atoms with Gasteiger partial charge in [0.05, 0.1) is 19.4 Å².